The Morgan fingerprint density at radius 1 is 1.36 bits per heavy atom. The standard InChI is InChI=1S/C7H9NO3/c9-5-1-6(10)8-2-7(5)3-11-4-7/h1-4H2,(H,8,10). The van der Waals surface area contributed by atoms with Crippen LogP contribution in [-0.2, 0) is 14.3 Å². The van der Waals surface area contributed by atoms with E-state index >= 15 is 0 Å². The first kappa shape index (κ1) is 6.79. The fraction of sp³-hybridized carbons (Fsp3) is 0.714. The molecule has 0 aliphatic carbocycles. The van der Waals surface area contributed by atoms with Crippen LogP contribution >= 0.6 is 0 Å². The van der Waals surface area contributed by atoms with E-state index in [0.29, 0.717) is 19.8 Å². The maximum Gasteiger partial charge on any atom is 0.227 e. The molecule has 2 aliphatic heterocycles. The highest BCUT2D eigenvalue weighted by Crippen LogP contribution is 2.31. The molecule has 0 atom stereocenters. The SMILES string of the molecule is O=C1CC(=O)C2(CN1)COC2. The van der Waals surface area contributed by atoms with Crippen LogP contribution in [0.25, 0.3) is 0 Å². The Labute approximate surface area is 63.9 Å². The molecule has 0 aromatic rings. The highest BCUT2D eigenvalue weighted by atomic mass is 16.5. The van der Waals surface area contributed by atoms with Gasteiger partial charge in [0.1, 0.15) is 0 Å². The summed E-state index contributed by atoms with van der Waals surface area (Å²) in [4.78, 5) is 22.0. The predicted octanol–water partition coefficient (Wildman–Crippen LogP) is -0.908. The lowest BCUT2D eigenvalue weighted by Gasteiger charge is -2.42. The van der Waals surface area contributed by atoms with Gasteiger partial charge in [-0.3, -0.25) is 9.59 Å². The molecule has 0 saturated carbocycles. The molecule has 2 fully saturated rings. The van der Waals surface area contributed by atoms with E-state index in [-0.39, 0.29) is 23.5 Å². The van der Waals surface area contributed by atoms with E-state index in [0.717, 1.165) is 0 Å². The average Bonchev–Trinajstić information content (AvgIpc) is 1.84. The maximum atomic E-state index is 11.3. The summed E-state index contributed by atoms with van der Waals surface area (Å²) >= 11 is 0. The lowest BCUT2D eigenvalue weighted by atomic mass is 9.78. The number of ether oxygens (including phenoxy) is 1. The van der Waals surface area contributed by atoms with Crippen LogP contribution in [0.5, 0.6) is 0 Å². The van der Waals surface area contributed by atoms with Crippen LogP contribution in [0.15, 0.2) is 0 Å². The van der Waals surface area contributed by atoms with Crippen LogP contribution in [0.2, 0.25) is 0 Å². The number of amides is 1. The van der Waals surface area contributed by atoms with Gasteiger partial charge in [-0.1, -0.05) is 0 Å². The van der Waals surface area contributed by atoms with Crippen molar-refractivity contribution in [1.29, 1.82) is 0 Å². The van der Waals surface area contributed by atoms with Gasteiger partial charge in [-0.05, 0) is 0 Å². The second-order valence-electron chi connectivity index (χ2n) is 3.15. The van der Waals surface area contributed by atoms with Crippen LogP contribution in [0.4, 0.5) is 0 Å². The number of rotatable bonds is 0. The zero-order valence-corrected chi connectivity index (χ0v) is 6.05. The fourth-order valence-electron chi connectivity index (χ4n) is 1.37. The minimum atomic E-state index is -0.353. The van der Waals surface area contributed by atoms with Gasteiger partial charge in [0, 0.05) is 6.54 Å². The molecule has 2 rings (SSSR count). The maximum absolute atomic E-state index is 11.3. The molecule has 0 aromatic heterocycles. The van der Waals surface area contributed by atoms with Crippen LogP contribution in [0.3, 0.4) is 0 Å². The highest BCUT2D eigenvalue weighted by Gasteiger charge is 2.48. The van der Waals surface area contributed by atoms with E-state index in [1.807, 2.05) is 0 Å². The molecule has 2 heterocycles. The zero-order valence-electron chi connectivity index (χ0n) is 6.05. The van der Waals surface area contributed by atoms with E-state index < -0.39 is 0 Å². The normalized spacial score (nSPS) is 28.0. The third kappa shape index (κ3) is 0.860. The van der Waals surface area contributed by atoms with Crippen LogP contribution in [-0.4, -0.2) is 31.4 Å². The molecule has 4 heteroatoms. The number of hydrogen-bond donors (Lipinski definition) is 1. The molecular weight excluding hydrogens is 146 g/mol. The largest absolute Gasteiger partial charge is 0.379 e. The Hall–Kier alpha value is -0.900. The van der Waals surface area contributed by atoms with E-state index in [4.69, 9.17) is 4.74 Å². The Balaban J connectivity index is 2.13. The van der Waals surface area contributed by atoms with E-state index in [1.165, 1.54) is 0 Å². The predicted molar refractivity (Wildman–Crippen MR) is 35.9 cm³/mol. The van der Waals surface area contributed by atoms with E-state index in [1.54, 1.807) is 0 Å². The Bertz CT molecular complexity index is 220. The number of piperidine rings is 1. The third-order valence-corrected chi connectivity index (χ3v) is 2.29. The molecule has 0 aromatic carbocycles. The second-order valence-corrected chi connectivity index (χ2v) is 3.15. The number of ketones is 1. The highest BCUT2D eigenvalue weighted by molar-refractivity contribution is 6.03. The van der Waals surface area contributed by atoms with Crippen molar-refractivity contribution in [2.45, 2.75) is 6.42 Å². The molecule has 11 heavy (non-hydrogen) atoms. The third-order valence-electron chi connectivity index (χ3n) is 2.29. The van der Waals surface area contributed by atoms with Crippen LogP contribution in [0.1, 0.15) is 6.42 Å². The van der Waals surface area contributed by atoms with Gasteiger partial charge in [-0.15, -0.1) is 0 Å². The van der Waals surface area contributed by atoms with Crippen molar-refractivity contribution < 1.29 is 14.3 Å². The van der Waals surface area contributed by atoms with Gasteiger partial charge in [0.2, 0.25) is 5.91 Å². The molecule has 4 nitrogen and oxygen atoms in total. The first-order valence-corrected chi connectivity index (χ1v) is 3.61. The molecule has 60 valence electrons. The first-order valence-electron chi connectivity index (χ1n) is 3.61. The van der Waals surface area contributed by atoms with E-state index in [9.17, 15) is 9.59 Å². The number of carbonyl (C=O) groups excluding carboxylic acids is 2. The Morgan fingerprint density at radius 3 is 2.55 bits per heavy atom. The summed E-state index contributed by atoms with van der Waals surface area (Å²) in [6.07, 6.45) is 0.0311. The molecule has 1 N–H and O–H groups in total. The Kier molecular flexibility index (Phi) is 1.26. The topological polar surface area (TPSA) is 55.4 Å². The van der Waals surface area contributed by atoms with Crippen LogP contribution in [0, 0.1) is 5.41 Å². The van der Waals surface area contributed by atoms with Crippen molar-refractivity contribution in [1.82, 2.24) is 5.32 Å². The van der Waals surface area contributed by atoms with Gasteiger partial charge in [0.25, 0.3) is 0 Å². The lowest BCUT2D eigenvalue weighted by molar-refractivity contribution is -0.165. The average molecular weight is 155 g/mol. The quantitative estimate of drug-likeness (QED) is 0.461. The summed E-state index contributed by atoms with van der Waals surface area (Å²) in [6.45, 7) is 1.42. The minimum absolute atomic E-state index is 0.0311. The minimum Gasteiger partial charge on any atom is -0.379 e. The summed E-state index contributed by atoms with van der Waals surface area (Å²) in [5, 5.41) is 2.67. The van der Waals surface area contributed by atoms with Gasteiger partial charge in [0.15, 0.2) is 5.78 Å². The number of nitrogens with one attached hydrogen (secondary N) is 1. The van der Waals surface area contributed by atoms with Crippen molar-refractivity contribution in [2.75, 3.05) is 19.8 Å². The first-order chi connectivity index (χ1) is 5.23. The molecule has 1 spiro atoms. The smallest absolute Gasteiger partial charge is 0.227 e. The number of carbonyl (C=O) groups is 2. The van der Waals surface area contributed by atoms with Crippen molar-refractivity contribution >= 4 is 11.7 Å². The molecular formula is C7H9NO3. The number of Topliss-reactive ketones (excluding diaryl/α,β-unsaturated/α-hetero) is 1. The zero-order chi connectivity index (χ0) is 7.90. The summed E-state index contributed by atoms with van der Waals surface area (Å²) < 4.78 is 4.95. The summed E-state index contributed by atoms with van der Waals surface area (Å²) in [5.74, 6) is -0.125. The summed E-state index contributed by atoms with van der Waals surface area (Å²) in [6, 6.07) is 0. The van der Waals surface area contributed by atoms with Crippen molar-refractivity contribution in [3.8, 4) is 0 Å². The molecule has 0 radical (unpaired) electrons. The fourth-order valence-corrected chi connectivity index (χ4v) is 1.37. The van der Waals surface area contributed by atoms with E-state index in [2.05, 4.69) is 5.32 Å². The Morgan fingerprint density at radius 2 is 2.09 bits per heavy atom. The van der Waals surface area contributed by atoms with Crippen molar-refractivity contribution in [3.63, 3.8) is 0 Å². The van der Waals surface area contributed by atoms with Gasteiger partial charge >= 0.3 is 0 Å². The van der Waals surface area contributed by atoms with Gasteiger partial charge in [-0.25, -0.2) is 0 Å². The summed E-state index contributed by atoms with van der Waals surface area (Å²) in [7, 11) is 0. The number of hydrogen-bond acceptors (Lipinski definition) is 3. The molecule has 2 aliphatic rings. The van der Waals surface area contributed by atoms with Gasteiger partial charge in [0.05, 0.1) is 25.0 Å². The monoisotopic (exact) mass is 155 g/mol. The molecule has 2 saturated heterocycles. The lowest BCUT2D eigenvalue weighted by Crippen LogP contribution is -2.60. The van der Waals surface area contributed by atoms with Crippen LogP contribution < -0.4 is 5.32 Å². The second kappa shape index (κ2) is 2.04. The van der Waals surface area contributed by atoms with Gasteiger partial charge in [-0.2, -0.15) is 0 Å². The summed E-state index contributed by atoms with van der Waals surface area (Å²) in [5.41, 5.74) is -0.353. The molecule has 1 amide bonds. The van der Waals surface area contributed by atoms with Crippen molar-refractivity contribution in [3.05, 3.63) is 0 Å². The van der Waals surface area contributed by atoms with Crippen molar-refractivity contribution in [2.24, 2.45) is 5.41 Å². The molecule has 0 bridgehead atoms. The van der Waals surface area contributed by atoms with Gasteiger partial charge < -0.3 is 10.1 Å². The molecule has 0 unspecified atom stereocenters.